The van der Waals surface area contributed by atoms with Crippen molar-refractivity contribution in [2.24, 2.45) is 5.92 Å². The highest BCUT2D eigenvalue weighted by Crippen LogP contribution is 2.41. The minimum atomic E-state index is -0.0277. The SMILES string of the molecule is CC1OCc2c1c1ncnc(N)c1n2-c1ccc(Oc2cccc(OCC3CC3)c2)cc1. The van der Waals surface area contributed by atoms with Crippen LogP contribution in [0.4, 0.5) is 5.82 Å². The van der Waals surface area contributed by atoms with Gasteiger partial charge in [0.1, 0.15) is 34.6 Å². The predicted molar refractivity (Wildman–Crippen MR) is 121 cm³/mol. The first-order valence-corrected chi connectivity index (χ1v) is 10.9. The maximum absolute atomic E-state index is 6.24. The third-order valence-corrected chi connectivity index (χ3v) is 6.11. The molecule has 4 aromatic rings. The highest BCUT2D eigenvalue weighted by Gasteiger charge is 2.30. The molecule has 7 nitrogen and oxygen atoms in total. The number of benzene rings is 2. The topological polar surface area (TPSA) is 84.4 Å². The van der Waals surface area contributed by atoms with Gasteiger partial charge in [0.15, 0.2) is 5.82 Å². The Morgan fingerprint density at radius 1 is 1.06 bits per heavy atom. The fourth-order valence-corrected chi connectivity index (χ4v) is 4.27. The number of nitrogen functional groups attached to an aromatic ring is 1. The number of hydrogen-bond acceptors (Lipinski definition) is 6. The summed E-state index contributed by atoms with van der Waals surface area (Å²) >= 11 is 0. The number of fused-ring (bicyclic) bond motifs is 3. The smallest absolute Gasteiger partial charge is 0.151 e. The van der Waals surface area contributed by atoms with E-state index in [-0.39, 0.29) is 6.10 Å². The zero-order valence-electron chi connectivity index (χ0n) is 17.8. The summed E-state index contributed by atoms with van der Waals surface area (Å²) in [5.41, 5.74) is 11.0. The summed E-state index contributed by atoms with van der Waals surface area (Å²) in [6, 6.07) is 15.7. The van der Waals surface area contributed by atoms with Gasteiger partial charge in [0.2, 0.25) is 0 Å². The van der Waals surface area contributed by atoms with E-state index >= 15 is 0 Å². The number of rotatable bonds is 6. The van der Waals surface area contributed by atoms with Crippen LogP contribution in [0.15, 0.2) is 54.9 Å². The van der Waals surface area contributed by atoms with Crippen LogP contribution >= 0.6 is 0 Å². The fourth-order valence-electron chi connectivity index (χ4n) is 4.27. The largest absolute Gasteiger partial charge is 0.493 e. The first-order valence-electron chi connectivity index (χ1n) is 10.9. The van der Waals surface area contributed by atoms with Gasteiger partial charge in [-0.25, -0.2) is 9.97 Å². The third kappa shape index (κ3) is 3.35. The Morgan fingerprint density at radius 3 is 2.69 bits per heavy atom. The second-order valence-corrected chi connectivity index (χ2v) is 8.43. The van der Waals surface area contributed by atoms with Crippen molar-refractivity contribution in [1.82, 2.24) is 14.5 Å². The summed E-state index contributed by atoms with van der Waals surface area (Å²) in [5.74, 6) is 3.50. The molecule has 2 aliphatic rings. The summed E-state index contributed by atoms with van der Waals surface area (Å²) < 4.78 is 19.9. The molecule has 0 bridgehead atoms. The Kier molecular flexibility index (Phi) is 4.50. The first kappa shape index (κ1) is 19.1. The highest BCUT2D eigenvalue weighted by atomic mass is 16.5. The van der Waals surface area contributed by atoms with Crippen LogP contribution in [-0.2, 0) is 11.3 Å². The van der Waals surface area contributed by atoms with Crippen molar-refractivity contribution < 1.29 is 14.2 Å². The molecule has 1 aliphatic heterocycles. The first-order chi connectivity index (χ1) is 15.7. The monoisotopic (exact) mass is 428 g/mol. The normalized spacial score (nSPS) is 17.5. The Bertz CT molecular complexity index is 1290. The lowest BCUT2D eigenvalue weighted by atomic mass is 10.1. The zero-order valence-corrected chi connectivity index (χ0v) is 17.8. The van der Waals surface area contributed by atoms with Gasteiger partial charge in [-0.15, -0.1) is 0 Å². The van der Waals surface area contributed by atoms with Gasteiger partial charge in [0.25, 0.3) is 0 Å². The summed E-state index contributed by atoms with van der Waals surface area (Å²) in [5, 5.41) is 0. The Morgan fingerprint density at radius 2 is 1.88 bits per heavy atom. The molecule has 1 atom stereocenters. The molecule has 32 heavy (non-hydrogen) atoms. The molecule has 1 saturated carbocycles. The second kappa shape index (κ2) is 7.53. The molecule has 2 aromatic heterocycles. The zero-order chi connectivity index (χ0) is 21.7. The summed E-state index contributed by atoms with van der Waals surface area (Å²) in [6.45, 7) is 3.33. The lowest BCUT2D eigenvalue weighted by Gasteiger charge is -2.12. The molecular formula is C25H24N4O3. The number of hydrogen-bond donors (Lipinski definition) is 1. The van der Waals surface area contributed by atoms with E-state index in [1.807, 2.05) is 55.5 Å². The van der Waals surface area contributed by atoms with E-state index in [1.54, 1.807) is 0 Å². The highest BCUT2D eigenvalue weighted by molar-refractivity contribution is 5.91. The summed E-state index contributed by atoms with van der Waals surface area (Å²) in [4.78, 5) is 8.70. The molecule has 0 saturated heterocycles. The van der Waals surface area contributed by atoms with Crippen LogP contribution in [0, 0.1) is 5.92 Å². The third-order valence-electron chi connectivity index (χ3n) is 6.11. The minimum Gasteiger partial charge on any atom is -0.493 e. The lowest BCUT2D eigenvalue weighted by Crippen LogP contribution is -2.03. The van der Waals surface area contributed by atoms with Crippen LogP contribution in [0.1, 0.15) is 37.1 Å². The van der Waals surface area contributed by atoms with Gasteiger partial charge in [-0.2, -0.15) is 0 Å². The summed E-state index contributed by atoms with van der Waals surface area (Å²) in [7, 11) is 0. The van der Waals surface area contributed by atoms with E-state index in [0.29, 0.717) is 18.3 Å². The molecule has 0 spiro atoms. The molecule has 0 amide bonds. The number of anilines is 1. The lowest BCUT2D eigenvalue weighted by molar-refractivity contribution is 0.0783. The Hall–Kier alpha value is -3.58. The fraction of sp³-hybridized carbons (Fsp3) is 0.280. The van der Waals surface area contributed by atoms with Crippen molar-refractivity contribution in [3.63, 3.8) is 0 Å². The van der Waals surface area contributed by atoms with E-state index < -0.39 is 0 Å². The van der Waals surface area contributed by atoms with Crippen molar-refractivity contribution >= 4 is 16.9 Å². The summed E-state index contributed by atoms with van der Waals surface area (Å²) in [6.07, 6.45) is 4.02. The standard InChI is InChI=1S/C25H24N4O3/c1-15-22-21(13-30-15)29(24-23(22)27-14-28-25(24)26)17-7-9-18(10-8-17)32-20-4-2-3-19(11-20)31-12-16-5-6-16/h2-4,7-11,14-16H,5-6,12-13H2,1H3,(H2,26,27,28). The van der Waals surface area contributed by atoms with E-state index in [9.17, 15) is 0 Å². The van der Waals surface area contributed by atoms with E-state index in [4.69, 9.17) is 19.9 Å². The maximum Gasteiger partial charge on any atom is 0.151 e. The van der Waals surface area contributed by atoms with Crippen molar-refractivity contribution in [3.8, 4) is 22.9 Å². The molecule has 1 fully saturated rings. The Labute approximate surface area is 185 Å². The molecule has 0 radical (unpaired) electrons. The molecule has 2 aromatic carbocycles. The molecule has 6 rings (SSSR count). The van der Waals surface area contributed by atoms with Gasteiger partial charge in [-0.3, -0.25) is 0 Å². The van der Waals surface area contributed by atoms with Crippen LogP contribution < -0.4 is 15.2 Å². The quantitative estimate of drug-likeness (QED) is 0.456. The van der Waals surface area contributed by atoms with Gasteiger partial charge in [0.05, 0.1) is 25.0 Å². The molecule has 2 N–H and O–H groups in total. The van der Waals surface area contributed by atoms with Crippen LogP contribution in [0.5, 0.6) is 17.2 Å². The minimum absolute atomic E-state index is 0.0277. The average molecular weight is 428 g/mol. The van der Waals surface area contributed by atoms with E-state index in [1.165, 1.54) is 19.2 Å². The molecule has 1 aliphatic carbocycles. The van der Waals surface area contributed by atoms with Gasteiger partial charge >= 0.3 is 0 Å². The maximum atomic E-state index is 6.24. The average Bonchev–Trinajstić information content (AvgIpc) is 3.47. The predicted octanol–water partition coefficient (Wildman–Crippen LogP) is 5.18. The van der Waals surface area contributed by atoms with Gasteiger partial charge in [0, 0.05) is 17.3 Å². The van der Waals surface area contributed by atoms with Gasteiger partial charge in [-0.1, -0.05) is 6.07 Å². The van der Waals surface area contributed by atoms with E-state index in [2.05, 4.69) is 14.5 Å². The van der Waals surface area contributed by atoms with E-state index in [0.717, 1.165) is 51.8 Å². The number of ether oxygens (including phenoxy) is 3. The number of nitrogens with two attached hydrogens (primary N) is 1. The molecule has 1 unspecified atom stereocenters. The number of nitrogens with zero attached hydrogens (tertiary/aromatic N) is 3. The number of aromatic nitrogens is 3. The van der Waals surface area contributed by atoms with Crippen molar-refractivity contribution in [2.75, 3.05) is 12.3 Å². The second-order valence-electron chi connectivity index (χ2n) is 8.43. The van der Waals surface area contributed by atoms with Crippen molar-refractivity contribution in [2.45, 2.75) is 32.5 Å². The van der Waals surface area contributed by atoms with Crippen LogP contribution in [-0.4, -0.2) is 21.1 Å². The molecule has 7 heteroatoms. The van der Waals surface area contributed by atoms with Crippen molar-refractivity contribution in [3.05, 3.63) is 66.1 Å². The van der Waals surface area contributed by atoms with Crippen molar-refractivity contribution in [1.29, 1.82) is 0 Å². The van der Waals surface area contributed by atoms with Gasteiger partial charge in [-0.05, 0) is 62.1 Å². The molecular weight excluding hydrogens is 404 g/mol. The van der Waals surface area contributed by atoms with Crippen LogP contribution in [0.2, 0.25) is 0 Å². The van der Waals surface area contributed by atoms with Gasteiger partial charge < -0.3 is 24.5 Å². The van der Waals surface area contributed by atoms with Crippen LogP contribution in [0.25, 0.3) is 16.7 Å². The van der Waals surface area contributed by atoms with Crippen LogP contribution in [0.3, 0.4) is 0 Å². The Balaban J connectivity index is 1.29. The molecule has 162 valence electrons. The molecule has 3 heterocycles.